The van der Waals surface area contributed by atoms with Crippen LogP contribution in [0.3, 0.4) is 0 Å². The van der Waals surface area contributed by atoms with E-state index in [1.165, 1.54) is 0 Å². The van der Waals surface area contributed by atoms with Crippen molar-refractivity contribution in [2.24, 2.45) is 5.41 Å². The van der Waals surface area contributed by atoms with Crippen LogP contribution < -0.4 is 10.6 Å². The first-order valence-corrected chi connectivity index (χ1v) is 6.07. The molecule has 1 heterocycles. The molecule has 0 aliphatic carbocycles. The van der Waals surface area contributed by atoms with Gasteiger partial charge in [-0.3, -0.25) is 10.1 Å². The Balaban J connectivity index is 2.42. The highest BCUT2D eigenvalue weighted by Gasteiger charge is 2.42. The van der Waals surface area contributed by atoms with Crippen LogP contribution in [0.15, 0.2) is 0 Å². The Morgan fingerprint density at radius 1 is 1.56 bits per heavy atom. The van der Waals surface area contributed by atoms with Crippen LogP contribution in [-0.4, -0.2) is 44.2 Å². The summed E-state index contributed by atoms with van der Waals surface area (Å²) in [5.41, 5.74) is -0.116. The van der Waals surface area contributed by atoms with Crippen LogP contribution in [0, 0.1) is 5.41 Å². The first-order chi connectivity index (χ1) is 8.15. The Labute approximate surface area is 106 Å². The molecule has 1 aliphatic rings. The Morgan fingerprint density at radius 3 is 2.56 bits per heavy atom. The lowest BCUT2D eigenvalue weighted by Gasteiger charge is -2.29. The smallest absolute Gasteiger partial charge is 0.262 e. The summed E-state index contributed by atoms with van der Waals surface area (Å²) in [7, 11) is 1.57. The summed E-state index contributed by atoms with van der Waals surface area (Å²) in [6, 6.07) is -0.808. The van der Waals surface area contributed by atoms with Crippen molar-refractivity contribution in [1.82, 2.24) is 10.6 Å². The van der Waals surface area contributed by atoms with Gasteiger partial charge in [-0.2, -0.15) is 0 Å². The number of hydrogen-bond acceptors (Lipinski definition) is 3. The van der Waals surface area contributed by atoms with Crippen LogP contribution in [0.2, 0.25) is 0 Å². The molecular weight excluding hydrogens is 242 g/mol. The van der Waals surface area contributed by atoms with Gasteiger partial charge in [0, 0.05) is 20.1 Å². The molecule has 0 aromatic carbocycles. The number of amides is 1. The minimum absolute atomic E-state index is 0.116. The molecule has 0 aromatic rings. The average molecular weight is 264 g/mol. The van der Waals surface area contributed by atoms with Gasteiger partial charge in [-0.15, -0.1) is 0 Å². The second kappa shape index (κ2) is 5.48. The van der Waals surface area contributed by atoms with Crippen LogP contribution in [0.1, 0.15) is 27.2 Å². The van der Waals surface area contributed by atoms with E-state index in [4.69, 9.17) is 4.74 Å². The third-order valence-corrected chi connectivity index (χ3v) is 3.14. The normalized spacial score (nSPS) is 24.9. The molecule has 1 rings (SSSR count). The summed E-state index contributed by atoms with van der Waals surface area (Å²) < 4.78 is 31.2. The predicted molar refractivity (Wildman–Crippen MR) is 64.6 cm³/mol. The van der Waals surface area contributed by atoms with E-state index in [1.807, 2.05) is 20.8 Å². The van der Waals surface area contributed by atoms with Crippen LogP contribution >= 0.6 is 0 Å². The maximum absolute atomic E-state index is 12.9. The minimum Gasteiger partial charge on any atom is -0.379 e. The summed E-state index contributed by atoms with van der Waals surface area (Å²) in [6.07, 6.45) is -0.588. The summed E-state index contributed by atoms with van der Waals surface area (Å²) >= 11 is 0. The fraction of sp³-hybridized carbons (Fsp3) is 0.917. The maximum Gasteiger partial charge on any atom is 0.262 e. The molecule has 1 saturated heterocycles. The Morgan fingerprint density at radius 2 is 2.17 bits per heavy atom. The highest BCUT2D eigenvalue weighted by atomic mass is 19.3. The van der Waals surface area contributed by atoms with E-state index in [0.717, 1.165) is 0 Å². The van der Waals surface area contributed by atoms with E-state index in [2.05, 4.69) is 10.6 Å². The molecule has 0 spiro atoms. The van der Waals surface area contributed by atoms with Crippen molar-refractivity contribution in [3.05, 3.63) is 0 Å². The van der Waals surface area contributed by atoms with Gasteiger partial charge in [0.2, 0.25) is 5.91 Å². The van der Waals surface area contributed by atoms with Crippen molar-refractivity contribution >= 4 is 5.91 Å². The number of carbonyl (C=O) groups excluding carboxylic acids is 1. The number of rotatable bonds is 4. The molecule has 106 valence electrons. The molecule has 18 heavy (non-hydrogen) atoms. The first kappa shape index (κ1) is 15.3. The fourth-order valence-electron chi connectivity index (χ4n) is 1.96. The van der Waals surface area contributed by atoms with Crippen molar-refractivity contribution in [3.63, 3.8) is 0 Å². The zero-order valence-electron chi connectivity index (χ0n) is 11.3. The Kier molecular flexibility index (Phi) is 4.66. The SMILES string of the molecule is COC(CNC(=O)C1CC(F)(F)CN1)C(C)(C)C. The third-order valence-electron chi connectivity index (χ3n) is 3.14. The lowest BCUT2D eigenvalue weighted by molar-refractivity contribution is -0.124. The zero-order valence-corrected chi connectivity index (χ0v) is 11.3. The van der Waals surface area contributed by atoms with Crippen LogP contribution in [0.25, 0.3) is 0 Å². The second-order valence-corrected chi connectivity index (χ2v) is 5.83. The molecule has 2 unspecified atom stereocenters. The van der Waals surface area contributed by atoms with Crippen molar-refractivity contribution < 1.29 is 18.3 Å². The van der Waals surface area contributed by atoms with Crippen molar-refractivity contribution in [1.29, 1.82) is 0 Å². The highest BCUT2D eigenvalue weighted by Crippen LogP contribution is 2.25. The molecule has 0 bridgehead atoms. The van der Waals surface area contributed by atoms with Gasteiger partial charge in [-0.25, -0.2) is 8.78 Å². The number of carbonyl (C=O) groups is 1. The van der Waals surface area contributed by atoms with Crippen LogP contribution in [-0.2, 0) is 9.53 Å². The number of alkyl halides is 2. The Bertz CT molecular complexity index is 303. The van der Waals surface area contributed by atoms with Gasteiger partial charge < -0.3 is 10.1 Å². The number of methoxy groups -OCH3 is 1. The predicted octanol–water partition coefficient (Wildman–Crippen LogP) is 1.16. The number of halogens is 2. The summed E-state index contributed by atoms with van der Waals surface area (Å²) in [5.74, 6) is -3.18. The highest BCUT2D eigenvalue weighted by molar-refractivity contribution is 5.82. The van der Waals surface area contributed by atoms with Crippen LogP contribution in [0.4, 0.5) is 8.78 Å². The van der Waals surface area contributed by atoms with Crippen molar-refractivity contribution in [3.8, 4) is 0 Å². The molecule has 2 atom stereocenters. The standard InChI is InChI=1S/C12H22F2N2O2/c1-11(2,3)9(18-4)6-15-10(17)8-5-12(13,14)7-16-8/h8-9,16H,5-7H2,1-4H3,(H,15,17). The van der Waals surface area contributed by atoms with Gasteiger partial charge >= 0.3 is 0 Å². The van der Waals surface area contributed by atoms with E-state index >= 15 is 0 Å². The molecule has 4 nitrogen and oxygen atoms in total. The molecule has 0 aromatic heterocycles. The molecule has 1 fully saturated rings. The fourth-order valence-corrected chi connectivity index (χ4v) is 1.96. The minimum atomic E-state index is -2.79. The van der Waals surface area contributed by atoms with E-state index in [-0.39, 0.29) is 11.5 Å². The molecule has 2 N–H and O–H groups in total. The lowest BCUT2D eigenvalue weighted by atomic mass is 9.89. The lowest BCUT2D eigenvalue weighted by Crippen LogP contribution is -2.46. The molecule has 6 heteroatoms. The van der Waals surface area contributed by atoms with E-state index in [1.54, 1.807) is 7.11 Å². The number of nitrogens with one attached hydrogen (secondary N) is 2. The van der Waals surface area contributed by atoms with Crippen molar-refractivity contribution in [2.75, 3.05) is 20.2 Å². The summed E-state index contributed by atoms with van der Waals surface area (Å²) in [4.78, 5) is 11.7. The maximum atomic E-state index is 12.9. The van der Waals surface area contributed by atoms with Gasteiger partial charge in [-0.05, 0) is 5.41 Å². The first-order valence-electron chi connectivity index (χ1n) is 6.07. The molecule has 0 radical (unpaired) electrons. The Hall–Kier alpha value is -0.750. The van der Waals surface area contributed by atoms with Crippen molar-refractivity contribution in [2.45, 2.75) is 45.3 Å². The monoisotopic (exact) mass is 264 g/mol. The van der Waals surface area contributed by atoms with E-state index in [0.29, 0.717) is 6.54 Å². The van der Waals surface area contributed by atoms with E-state index < -0.39 is 30.8 Å². The van der Waals surface area contributed by atoms with Gasteiger partial charge in [0.15, 0.2) is 0 Å². The second-order valence-electron chi connectivity index (χ2n) is 5.83. The third kappa shape index (κ3) is 4.17. The summed E-state index contributed by atoms with van der Waals surface area (Å²) in [6.45, 7) is 5.88. The van der Waals surface area contributed by atoms with Gasteiger partial charge in [0.1, 0.15) is 0 Å². The quantitative estimate of drug-likeness (QED) is 0.801. The van der Waals surface area contributed by atoms with Crippen LogP contribution in [0.5, 0.6) is 0 Å². The number of hydrogen-bond donors (Lipinski definition) is 2. The van der Waals surface area contributed by atoms with Gasteiger partial charge in [-0.1, -0.05) is 20.8 Å². The van der Waals surface area contributed by atoms with E-state index in [9.17, 15) is 13.6 Å². The molecular formula is C12H22F2N2O2. The largest absolute Gasteiger partial charge is 0.379 e. The molecule has 0 saturated carbocycles. The molecule has 1 aliphatic heterocycles. The summed E-state index contributed by atoms with van der Waals surface area (Å²) in [5, 5.41) is 5.18. The average Bonchev–Trinajstić information content (AvgIpc) is 2.57. The zero-order chi connectivity index (χ0) is 14.0. The number of ether oxygens (including phenoxy) is 1. The topological polar surface area (TPSA) is 50.4 Å². The molecule has 1 amide bonds. The van der Waals surface area contributed by atoms with Gasteiger partial charge in [0.25, 0.3) is 5.92 Å². The van der Waals surface area contributed by atoms with Gasteiger partial charge in [0.05, 0.1) is 18.7 Å².